The lowest BCUT2D eigenvalue weighted by molar-refractivity contribution is -0.149. The highest BCUT2D eigenvalue weighted by Crippen LogP contribution is 2.30. The number of ether oxygens (including phenoxy) is 4. The number of methoxy groups -OCH3 is 3. The molecule has 1 aliphatic rings. The van der Waals surface area contributed by atoms with Gasteiger partial charge in [-0.25, -0.2) is 14.4 Å². The number of likely N-dealkylation sites (tertiary alicyclic amines) is 1. The third kappa shape index (κ3) is 23.3. The molecule has 2 aromatic rings. The predicted molar refractivity (Wildman–Crippen MR) is 334 cm³/mol. The molecular formula is C64H104N10O13. The number of carbonyl (C=O) groups is 9. The number of nitrogens with zero attached hydrogens (tertiary/aromatic N) is 3. The van der Waals surface area contributed by atoms with Crippen molar-refractivity contribution in [1.29, 1.82) is 0 Å². The van der Waals surface area contributed by atoms with E-state index in [1.807, 2.05) is 96.0 Å². The molecule has 8 N–H and O–H groups in total. The molecular weight excluding hydrogens is 1120 g/mol. The Bertz CT molecular complexity index is 2550. The molecule has 3 rings (SSSR count). The second kappa shape index (κ2) is 35.8. The molecule has 1 heterocycles. The van der Waals surface area contributed by atoms with Crippen LogP contribution in [0.25, 0.3) is 0 Å². The van der Waals surface area contributed by atoms with Crippen LogP contribution in [0.15, 0.2) is 54.6 Å². The quantitative estimate of drug-likeness (QED) is 0.0333. The topological polar surface area (TPSA) is 298 Å². The number of urea groups is 1. The van der Waals surface area contributed by atoms with Gasteiger partial charge in [0.1, 0.15) is 29.8 Å². The third-order valence-corrected chi connectivity index (χ3v) is 16.1. The van der Waals surface area contributed by atoms with E-state index < -0.39 is 102 Å². The van der Waals surface area contributed by atoms with Crippen LogP contribution in [0.4, 0.5) is 15.3 Å². The Morgan fingerprint density at radius 3 is 1.89 bits per heavy atom. The highest BCUT2D eigenvalue weighted by Gasteiger charge is 2.44. The molecule has 0 bridgehead atoms. The van der Waals surface area contributed by atoms with Crippen LogP contribution in [0.5, 0.6) is 0 Å². The number of likely N-dealkylation sites (N-methyl/N-ethyl adjacent to an activating group) is 2. The number of amides is 9. The van der Waals surface area contributed by atoms with Crippen LogP contribution in [0.1, 0.15) is 133 Å². The molecule has 0 spiro atoms. The van der Waals surface area contributed by atoms with E-state index in [2.05, 4.69) is 31.9 Å². The van der Waals surface area contributed by atoms with Gasteiger partial charge in [-0.05, 0) is 107 Å². The lowest BCUT2D eigenvalue weighted by atomic mass is 9.89. The lowest BCUT2D eigenvalue weighted by Crippen LogP contribution is -2.60. The summed E-state index contributed by atoms with van der Waals surface area (Å²) in [5.74, 6) is -4.66. The summed E-state index contributed by atoms with van der Waals surface area (Å²) in [5, 5.41) is 16.7. The Morgan fingerprint density at radius 1 is 0.724 bits per heavy atom. The molecule has 0 saturated carbocycles. The summed E-state index contributed by atoms with van der Waals surface area (Å²) in [6, 6.07) is 10.2. The predicted octanol–water partition coefficient (Wildman–Crippen LogP) is 5.57. The van der Waals surface area contributed by atoms with Crippen molar-refractivity contribution in [3.63, 3.8) is 0 Å². The molecule has 1 saturated heterocycles. The van der Waals surface area contributed by atoms with Gasteiger partial charge in [-0.15, -0.1) is 0 Å². The molecule has 1 unspecified atom stereocenters. The standard InChI is InChI=1S/C64H104N10O13/c1-18-41(8)54(49(84-15)37-50(75)74-34-23-27-48(74)55(85-16)42(9)56(76)69-47(61(81)86-17)36-44-24-20-19-21-25-44)73(14)60(80)52(39(4)5)70-59(79)53(40(6)7)72(13)35-32-43-28-30-45(31-29-43)67-57(77)46(26-22-33-66-62(65)82)68-58(78)51(38(2)3)71-63(83)87-64(10,11)12/h19-21,24-25,28-31,38-42,46-49,51-55H,18,22-23,26-27,32-37H2,1-17H3,(H,67,77)(H,68,78)(H,69,76)(H,70,79)(H,71,83)(H3,65,66,82)/t41?,42-,46+,47+,48+,49-,51+,52+,53+,54+,55-/m1/s1. The Morgan fingerprint density at radius 2 is 1.34 bits per heavy atom. The first-order chi connectivity index (χ1) is 40.9. The largest absolute Gasteiger partial charge is 0.467 e. The van der Waals surface area contributed by atoms with Gasteiger partial charge in [-0.3, -0.25) is 33.7 Å². The van der Waals surface area contributed by atoms with E-state index in [1.165, 1.54) is 21.3 Å². The third-order valence-electron chi connectivity index (χ3n) is 16.1. The number of primary amides is 1. The maximum absolute atomic E-state index is 14.8. The van der Waals surface area contributed by atoms with Gasteiger partial charge in [0.05, 0.1) is 49.8 Å². The number of hydrogen-bond donors (Lipinski definition) is 7. The van der Waals surface area contributed by atoms with Crippen LogP contribution >= 0.6 is 0 Å². The van der Waals surface area contributed by atoms with Crippen LogP contribution in [0.3, 0.4) is 0 Å². The van der Waals surface area contributed by atoms with E-state index in [1.54, 1.807) is 70.5 Å². The van der Waals surface area contributed by atoms with Gasteiger partial charge in [0.15, 0.2) is 0 Å². The van der Waals surface area contributed by atoms with Gasteiger partial charge in [-0.1, -0.05) is 111 Å². The van der Waals surface area contributed by atoms with Crippen LogP contribution in [-0.2, 0) is 65.4 Å². The van der Waals surface area contributed by atoms with E-state index >= 15 is 0 Å². The summed E-state index contributed by atoms with van der Waals surface area (Å²) in [5.41, 5.74) is 6.66. The van der Waals surface area contributed by atoms with Crippen molar-refractivity contribution in [3.05, 3.63) is 65.7 Å². The minimum Gasteiger partial charge on any atom is -0.467 e. The van der Waals surface area contributed by atoms with E-state index in [9.17, 15) is 43.2 Å². The lowest BCUT2D eigenvalue weighted by Gasteiger charge is -2.41. The number of carbonyl (C=O) groups excluding carboxylic acids is 9. The van der Waals surface area contributed by atoms with Crippen molar-refractivity contribution < 1.29 is 62.1 Å². The first kappa shape index (κ1) is 74.4. The zero-order valence-electron chi connectivity index (χ0n) is 54.8. The van der Waals surface area contributed by atoms with Crippen molar-refractivity contribution in [2.24, 2.45) is 35.3 Å². The van der Waals surface area contributed by atoms with Crippen molar-refractivity contribution in [2.45, 2.75) is 195 Å². The fourth-order valence-electron chi connectivity index (χ4n) is 11.2. The van der Waals surface area contributed by atoms with E-state index in [0.29, 0.717) is 50.9 Å². The highest BCUT2D eigenvalue weighted by molar-refractivity contribution is 5.98. The number of benzene rings is 2. The van der Waals surface area contributed by atoms with Crippen molar-refractivity contribution in [2.75, 3.05) is 60.4 Å². The number of rotatable bonds is 34. The van der Waals surface area contributed by atoms with Crippen LogP contribution in [-0.4, -0.2) is 183 Å². The van der Waals surface area contributed by atoms with Gasteiger partial charge in [0, 0.05) is 53.0 Å². The minimum atomic E-state index is -1.04. The average Bonchev–Trinajstić information content (AvgIpc) is 3.48. The van der Waals surface area contributed by atoms with Crippen LogP contribution in [0.2, 0.25) is 0 Å². The molecule has 23 nitrogen and oxygen atoms in total. The van der Waals surface area contributed by atoms with Gasteiger partial charge in [-0.2, -0.15) is 0 Å². The van der Waals surface area contributed by atoms with E-state index in [0.717, 1.165) is 11.1 Å². The molecule has 0 aliphatic carbocycles. The zero-order valence-corrected chi connectivity index (χ0v) is 54.8. The monoisotopic (exact) mass is 1220 g/mol. The number of alkyl carbamates (subject to hydrolysis) is 1. The Kier molecular flexibility index (Phi) is 30.6. The normalized spacial score (nSPS) is 16.9. The molecule has 488 valence electrons. The van der Waals surface area contributed by atoms with Gasteiger partial charge < -0.3 is 66.4 Å². The number of esters is 1. The van der Waals surface area contributed by atoms with Gasteiger partial charge in [0.2, 0.25) is 35.4 Å². The molecule has 0 aromatic heterocycles. The van der Waals surface area contributed by atoms with Crippen molar-refractivity contribution in [3.8, 4) is 0 Å². The summed E-state index contributed by atoms with van der Waals surface area (Å²) in [6.45, 7) is 23.1. The molecule has 1 aliphatic heterocycles. The summed E-state index contributed by atoms with van der Waals surface area (Å²) >= 11 is 0. The van der Waals surface area contributed by atoms with Gasteiger partial charge in [0.25, 0.3) is 0 Å². The summed E-state index contributed by atoms with van der Waals surface area (Å²) in [4.78, 5) is 127. The maximum atomic E-state index is 14.8. The zero-order chi connectivity index (χ0) is 65.5. The summed E-state index contributed by atoms with van der Waals surface area (Å²) < 4.78 is 22.5. The molecule has 9 amide bonds. The fraction of sp³-hybridized carbons (Fsp3) is 0.672. The summed E-state index contributed by atoms with van der Waals surface area (Å²) in [7, 11) is 7.86. The second-order valence-corrected chi connectivity index (χ2v) is 25.1. The molecule has 2 aromatic carbocycles. The second-order valence-electron chi connectivity index (χ2n) is 25.1. The van der Waals surface area contributed by atoms with Crippen LogP contribution < -0.4 is 37.6 Å². The molecule has 23 heteroatoms. The smallest absolute Gasteiger partial charge is 0.408 e. The minimum absolute atomic E-state index is 0.0651. The number of hydrogen-bond acceptors (Lipinski definition) is 14. The number of nitrogens with two attached hydrogens (primary N) is 1. The van der Waals surface area contributed by atoms with E-state index in [4.69, 9.17) is 24.7 Å². The molecule has 0 radical (unpaired) electrons. The van der Waals surface area contributed by atoms with Gasteiger partial charge >= 0.3 is 18.1 Å². The highest BCUT2D eigenvalue weighted by atomic mass is 16.6. The fourth-order valence-corrected chi connectivity index (χ4v) is 11.2. The van der Waals surface area contributed by atoms with Crippen molar-refractivity contribution >= 4 is 59.2 Å². The maximum Gasteiger partial charge on any atom is 0.408 e. The first-order valence-corrected chi connectivity index (χ1v) is 30.7. The Hall–Kier alpha value is -6.85. The SMILES string of the molecule is CCC(C)[C@@H]([C@@H](CC(=O)N1CCC[C@H]1[C@H](OC)[C@@H](C)C(=O)N[C@@H](Cc1ccccc1)C(=O)OC)OC)N(C)C(=O)[C@@H](NC(=O)[C@H](C(C)C)N(C)CCc1ccc(NC(=O)[C@H](CCCNC(N)=O)NC(=O)[C@@H](NC(=O)OC(C)(C)C)C(C)C)cc1)C(C)C. The number of anilines is 1. The Balaban J connectivity index is 1.73. The first-order valence-electron chi connectivity index (χ1n) is 30.7. The number of nitrogens with one attached hydrogen (secondary N) is 6. The molecule has 1 fully saturated rings. The van der Waals surface area contributed by atoms with Crippen LogP contribution in [0, 0.1) is 29.6 Å². The van der Waals surface area contributed by atoms with Crippen molar-refractivity contribution in [1.82, 2.24) is 41.3 Å². The molecule has 87 heavy (non-hydrogen) atoms. The molecule has 11 atom stereocenters. The average molecular weight is 1220 g/mol. The van der Waals surface area contributed by atoms with E-state index in [-0.39, 0.29) is 67.2 Å². The summed E-state index contributed by atoms with van der Waals surface area (Å²) in [6.07, 6.45) is 0.849. The Labute approximate surface area is 516 Å².